The van der Waals surface area contributed by atoms with Crippen LogP contribution in [0.1, 0.15) is 43.6 Å². The van der Waals surface area contributed by atoms with E-state index in [0.29, 0.717) is 18.7 Å². The van der Waals surface area contributed by atoms with Gasteiger partial charge in [-0.3, -0.25) is 9.88 Å². The van der Waals surface area contributed by atoms with Gasteiger partial charge in [0.2, 0.25) is 0 Å². The Morgan fingerprint density at radius 3 is 2.58 bits per heavy atom. The Morgan fingerprint density at radius 1 is 1.03 bits per heavy atom. The molecule has 9 heteroatoms. The summed E-state index contributed by atoms with van der Waals surface area (Å²) in [6.07, 6.45) is 1.50. The van der Waals surface area contributed by atoms with Gasteiger partial charge in [0.15, 0.2) is 0 Å². The van der Waals surface area contributed by atoms with Crippen molar-refractivity contribution in [2.75, 3.05) is 55.6 Å². The molecule has 3 aromatic rings. The highest BCUT2D eigenvalue weighted by atomic mass is 16.6. The summed E-state index contributed by atoms with van der Waals surface area (Å²) in [6.45, 7) is 12.0. The number of fused-ring (bicyclic) bond motifs is 4. The first kappa shape index (κ1) is 24.4. The van der Waals surface area contributed by atoms with Gasteiger partial charge in [0.25, 0.3) is 0 Å². The third-order valence-electron chi connectivity index (χ3n) is 7.66. The van der Waals surface area contributed by atoms with Crippen LogP contribution < -0.4 is 9.80 Å². The molecule has 5 heterocycles. The van der Waals surface area contributed by atoms with Gasteiger partial charge in [-0.1, -0.05) is 6.07 Å². The van der Waals surface area contributed by atoms with Gasteiger partial charge in [0.1, 0.15) is 17.5 Å². The highest BCUT2D eigenvalue weighted by molar-refractivity contribution is 5.95. The van der Waals surface area contributed by atoms with Crippen molar-refractivity contribution in [3.8, 4) is 6.07 Å². The minimum atomic E-state index is -0.485. The molecule has 6 rings (SSSR count). The molecular formula is C29H33N7O2. The first-order chi connectivity index (χ1) is 18.3. The molecule has 2 fully saturated rings. The number of hydrogen-bond acceptors (Lipinski definition) is 8. The van der Waals surface area contributed by atoms with E-state index in [2.05, 4.69) is 50.0 Å². The van der Waals surface area contributed by atoms with Crippen molar-refractivity contribution in [3.05, 3.63) is 59.4 Å². The summed E-state index contributed by atoms with van der Waals surface area (Å²) in [5.41, 5.74) is 4.46. The van der Waals surface area contributed by atoms with Gasteiger partial charge in [-0.15, -0.1) is 0 Å². The van der Waals surface area contributed by atoms with E-state index < -0.39 is 5.60 Å². The van der Waals surface area contributed by atoms with Gasteiger partial charge in [0.05, 0.1) is 22.8 Å². The fourth-order valence-corrected chi connectivity index (χ4v) is 5.79. The lowest BCUT2D eigenvalue weighted by Gasteiger charge is -2.39. The number of piperazine rings is 2. The van der Waals surface area contributed by atoms with Gasteiger partial charge in [-0.25, -0.2) is 9.78 Å². The van der Waals surface area contributed by atoms with E-state index in [1.54, 1.807) is 11.1 Å². The van der Waals surface area contributed by atoms with Crippen molar-refractivity contribution in [1.29, 1.82) is 5.26 Å². The standard InChI is InChI=1S/C29H33N7O2/c1-29(2,3)38-28(37)34-13-11-33(12-14-34)26-9-7-21-23(32-26)18-35-15-16-36(19-25(21)35)24-8-6-20(17-30)27-22(24)5-4-10-31-27/h4-10,25H,11-16,18-19H2,1-3H3/t25-/m1/s1. The first-order valence-electron chi connectivity index (χ1n) is 13.3. The molecule has 1 amide bonds. The lowest BCUT2D eigenvalue weighted by Crippen LogP contribution is -2.50. The molecular weight excluding hydrogens is 478 g/mol. The van der Waals surface area contributed by atoms with E-state index in [9.17, 15) is 10.1 Å². The molecule has 38 heavy (non-hydrogen) atoms. The second-order valence-electron chi connectivity index (χ2n) is 11.2. The fourth-order valence-electron chi connectivity index (χ4n) is 5.79. The minimum absolute atomic E-state index is 0.244. The topological polar surface area (TPSA) is 88.8 Å². The van der Waals surface area contributed by atoms with Crippen molar-refractivity contribution < 1.29 is 9.53 Å². The summed E-state index contributed by atoms with van der Waals surface area (Å²) in [4.78, 5) is 31.0. The SMILES string of the molecule is CC(C)(C)OC(=O)N1CCN(c2ccc3c(n2)CN2CCN(c4ccc(C#N)c5ncccc45)C[C@H]32)CC1. The quantitative estimate of drug-likeness (QED) is 0.511. The summed E-state index contributed by atoms with van der Waals surface area (Å²) in [6, 6.07) is 14.9. The fraction of sp³-hybridized carbons (Fsp3) is 0.448. The third-order valence-corrected chi connectivity index (χ3v) is 7.66. The van der Waals surface area contributed by atoms with Crippen LogP contribution >= 0.6 is 0 Å². The Hall–Kier alpha value is -3.90. The van der Waals surface area contributed by atoms with Crippen LogP contribution in [0.25, 0.3) is 10.9 Å². The number of carbonyl (C=O) groups is 1. The Morgan fingerprint density at radius 2 is 1.82 bits per heavy atom. The van der Waals surface area contributed by atoms with Gasteiger partial charge in [-0.05, 0) is 56.7 Å². The predicted octanol–water partition coefficient (Wildman–Crippen LogP) is 3.94. The maximum absolute atomic E-state index is 12.4. The molecule has 0 radical (unpaired) electrons. The van der Waals surface area contributed by atoms with E-state index >= 15 is 0 Å². The number of benzene rings is 1. The Kier molecular flexibility index (Phi) is 6.07. The van der Waals surface area contributed by atoms with Crippen LogP contribution in [0.15, 0.2) is 42.6 Å². The zero-order valence-corrected chi connectivity index (χ0v) is 22.2. The third kappa shape index (κ3) is 4.50. The summed E-state index contributed by atoms with van der Waals surface area (Å²) in [7, 11) is 0. The van der Waals surface area contributed by atoms with Gasteiger partial charge in [-0.2, -0.15) is 5.26 Å². The van der Waals surface area contributed by atoms with E-state index in [4.69, 9.17) is 9.72 Å². The molecule has 3 aliphatic heterocycles. The molecule has 0 spiro atoms. The summed E-state index contributed by atoms with van der Waals surface area (Å²) in [5.74, 6) is 0.980. The number of hydrogen-bond donors (Lipinski definition) is 0. The molecule has 3 aliphatic rings. The average molecular weight is 512 g/mol. The molecule has 0 N–H and O–H groups in total. The number of nitriles is 1. The molecule has 2 saturated heterocycles. The molecule has 9 nitrogen and oxygen atoms in total. The smallest absolute Gasteiger partial charge is 0.410 e. The molecule has 0 saturated carbocycles. The van der Waals surface area contributed by atoms with Crippen LogP contribution in [0, 0.1) is 11.3 Å². The van der Waals surface area contributed by atoms with Crippen molar-refractivity contribution in [2.45, 2.75) is 39.0 Å². The van der Waals surface area contributed by atoms with Crippen molar-refractivity contribution in [2.24, 2.45) is 0 Å². The van der Waals surface area contributed by atoms with Crippen LogP contribution in [0.2, 0.25) is 0 Å². The monoisotopic (exact) mass is 511 g/mol. The number of nitrogens with zero attached hydrogens (tertiary/aromatic N) is 7. The predicted molar refractivity (Wildman–Crippen MR) is 146 cm³/mol. The molecule has 196 valence electrons. The van der Waals surface area contributed by atoms with E-state index in [1.165, 1.54) is 5.56 Å². The number of rotatable bonds is 2. The number of carbonyl (C=O) groups excluding carboxylic acids is 1. The van der Waals surface area contributed by atoms with Crippen LogP contribution in [0.3, 0.4) is 0 Å². The second-order valence-corrected chi connectivity index (χ2v) is 11.2. The molecule has 0 bridgehead atoms. The van der Waals surface area contributed by atoms with Crippen LogP contribution in [-0.2, 0) is 11.3 Å². The zero-order valence-electron chi connectivity index (χ0n) is 22.2. The maximum atomic E-state index is 12.4. The Labute approximate surface area is 223 Å². The van der Waals surface area contributed by atoms with Crippen molar-refractivity contribution >= 4 is 28.5 Å². The normalized spacial score (nSPS) is 19.7. The lowest BCUT2D eigenvalue weighted by atomic mass is 10.0. The first-order valence-corrected chi connectivity index (χ1v) is 13.3. The average Bonchev–Trinajstić information content (AvgIpc) is 3.28. The van der Waals surface area contributed by atoms with E-state index in [1.807, 2.05) is 32.9 Å². The van der Waals surface area contributed by atoms with Gasteiger partial charge in [0, 0.05) is 69.6 Å². The summed E-state index contributed by atoms with van der Waals surface area (Å²) >= 11 is 0. The second kappa shape index (κ2) is 9.44. The summed E-state index contributed by atoms with van der Waals surface area (Å²) in [5, 5.41) is 10.5. The van der Waals surface area contributed by atoms with Crippen LogP contribution in [-0.4, -0.2) is 77.3 Å². The Balaban J connectivity index is 1.17. The molecule has 1 atom stereocenters. The molecule has 1 aromatic carbocycles. The Bertz CT molecular complexity index is 1420. The molecule has 0 unspecified atom stereocenters. The number of ether oxygens (including phenoxy) is 1. The van der Waals surface area contributed by atoms with Crippen LogP contribution in [0.4, 0.5) is 16.3 Å². The number of pyridine rings is 2. The van der Waals surface area contributed by atoms with E-state index in [0.717, 1.165) is 67.4 Å². The number of amides is 1. The minimum Gasteiger partial charge on any atom is -0.444 e. The maximum Gasteiger partial charge on any atom is 0.410 e. The number of aromatic nitrogens is 2. The lowest BCUT2D eigenvalue weighted by molar-refractivity contribution is 0.0240. The van der Waals surface area contributed by atoms with Crippen molar-refractivity contribution in [1.82, 2.24) is 19.8 Å². The van der Waals surface area contributed by atoms with Gasteiger partial charge >= 0.3 is 6.09 Å². The van der Waals surface area contributed by atoms with Crippen LogP contribution in [0.5, 0.6) is 0 Å². The van der Waals surface area contributed by atoms with E-state index in [-0.39, 0.29) is 12.1 Å². The highest BCUT2D eigenvalue weighted by Gasteiger charge is 2.37. The van der Waals surface area contributed by atoms with Crippen molar-refractivity contribution in [3.63, 3.8) is 0 Å². The highest BCUT2D eigenvalue weighted by Crippen LogP contribution is 2.39. The number of anilines is 2. The largest absolute Gasteiger partial charge is 0.444 e. The zero-order chi connectivity index (χ0) is 26.4. The summed E-state index contributed by atoms with van der Waals surface area (Å²) < 4.78 is 5.53. The molecule has 0 aliphatic carbocycles. The van der Waals surface area contributed by atoms with Gasteiger partial charge < -0.3 is 19.4 Å². The molecule has 2 aromatic heterocycles.